The number of carbonyl (C=O) groups is 1. The molecule has 0 atom stereocenters. The standard InChI is InChI=1S/C18H23N5O2S/c1-5-10-22-15(25)12-8-6-7-9-13(12)23-16(22)20-21-17(23)26-11-14(24)19-18(2,3)4/h6-9H,5,10-11H2,1-4H3,(H,19,24). The van der Waals surface area contributed by atoms with Gasteiger partial charge in [0.2, 0.25) is 11.7 Å². The molecular weight excluding hydrogens is 350 g/mol. The first-order chi connectivity index (χ1) is 12.3. The van der Waals surface area contributed by atoms with Gasteiger partial charge in [-0.05, 0) is 39.3 Å². The maximum atomic E-state index is 12.8. The van der Waals surface area contributed by atoms with E-state index in [-0.39, 0.29) is 22.8 Å². The van der Waals surface area contributed by atoms with Crippen molar-refractivity contribution < 1.29 is 4.79 Å². The molecule has 2 aromatic heterocycles. The van der Waals surface area contributed by atoms with Gasteiger partial charge in [0.25, 0.3) is 5.56 Å². The van der Waals surface area contributed by atoms with Gasteiger partial charge >= 0.3 is 0 Å². The fraction of sp³-hybridized carbons (Fsp3) is 0.444. The quantitative estimate of drug-likeness (QED) is 0.695. The van der Waals surface area contributed by atoms with Crippen LogP contribution in [0.15, 0.2) is 34.2 Å². The van der Waals surface area contributed by atoms with Gasteiger partial charge in [-0.3, -0.25) is 18.6 Å². The Morgan fingerprint density at radius 2 is 1.96 bits per heavy atom. The second kappa shape index (κ2) is 7.11. The first-order valence-corrected chi connectivity index (χ1v) is 9.61. The van der Waals surface area contributed by atoms with Gasteiger partial charge in [-0.15, -0.1) is 10.2 Å². The Labute approximate surface area is 155 Å². The summed E-state index contributed by atoms with van der Waals surface area (Å²) in [4.78, 5) is 24.9. The Morgan fingerprint density at radius 3 is 2.65 bits per heavy atom. The number of fused-ring (bicyclic) bond motifs is 3. The molecule has 1 amide bonds. The van der Waals surface area contributed by atoms with Crippen molar-refractivity contribution in [2.45, 2.75) is 51.4 Å². The molecule has 0 spiro atoms. The average Bonchev–Trinajstić information content (AvgIpc) is 2.99. The van der Waals surface area contributed by atoms with E-state index in [1.54, 1.807) is 4.57 Å². The number of carbonyl (C=O) groups excluding carboxylic acids is 1. The molecule has 0 fully saturated rings. The summed E-state index contributed by atoms with van der Waals surface area (Å²) < 4.78 is 3.51. The molecule has 0 saturated carbocycles. The van der Waals surface area contributed by atoms with Crippen LogP contribution in [0.5, 0.6) is 0 Å². The van der Waals surface area contributed by atoms with Crippen LogP contribution < -0.4 is 10.9 Å². The molecule has 0 aliphatic rings. The minimum Gasteiger partial charge on any atom is -0.351 e. The molecule has 26 heavy (non-hydrogen) atoms. The van der Waals surface area contributed by atoms with Crippen molar-refractivity contribution in [3.8, 4) is 0 Å². The zero-order chi connectivity index (χ0) is 18.9. The van der Waals surface area contributed by atoms with Gasteiger partial charge < -0.3 is 5.32 Å². The van der Waals surface area contributed by atoms with Crippen molar-refractivity contribution in [3.63, 3.8) is 0 Å². The molecule has 3 aromatic rings. The normalized spacial score (nSPS) is 12.0. The zero-order valence-corrected chi connectivity index (χ0v) is 16.3. The Kier molecular flexibility index (Phi) is 5.04. The van der Waals surface area contributed by atoms with Gasteiger partial charge in [-0.2, -0.15) is 0 Å². The Hall–Kier alpha value is -2.35. The third-order valence-corrected chi connectivity index (χ3v) is 4.70. The lowest BCUT2D eigenvalue weighted by Crippen LogP contribution is -2.41. The van der Waals surface area contributed by atoms with Crippen molar-refractivity contribution in [2.24, 2.45) is 0 Å². The minimum absolute atomic E-state index is 0.0644. The SMILES string of the molecule is CCCn1c(=O)c2ccccc2n2c(SCC(=O)NC(C)(C)C)nnc12. The largest absolute Gasteiger partial charge is 0.351 e. The number of amides is 1. The van der Waals surface area contributed by atoms with Crippen LogP contribution in [-0.2, 0) is 11.3 Å². The van der Waals surface area contributed by atoms with E-state index in [4.69, 9.17) is 0 Å². The molecule has 3 rings (SSSR count). The number of hydrogen-bond acceptors (Lipinski definition) is 5. The second-order valence-corrected chi connectivity index (χ2v) is 8.12. The summed E-state index contributed by atoms with van der Waals surface area (Å²) in [6.07, 6.45) is 0.817. The fourth-order valence-corrected chi connectivity index (χ4v) is 3.58. The molecule has 1 N–H and O–H groups in total. The van der Waals surface area contributed by atoms with E-state index >= 15 is 0 Å². The number of benzene rings is 1. The van der Waals surface area contributed by atoms with E-state index < -0.39 is 0 Å². The molecule has 0 aliphatic heterocycles. The van der Waals surface area contributed by atoms with Crippen LogP contribution in [0.3, 0.4) is 0 Å². The minimum atomic E-state index is -0.279. The van der Waals surface area contributed by atoms with Gasteiger partial charge in [0.1, 0.15) is 0 Å². The van der Waals surface area contributed by atoms with Crippen molar-refractivity contribution in [2.75, 3.05) is 5.75 Å². The molecule has 2 heterocycles. The predicted octanol–water partition coefficient (Wildman–Crippen LogP) is 2.46. The van der Waals surface area contributed by atoms with E-state index in [0.29, 0.717) is 22.9 Å². The summed E-state index contributed by atoms with van der Waals surface area (Å²) in [5, 5.41) is 12.6. The fourth-order valence-electron chi connectivity index (χ4n) is 2.84. The topological polar surface area (TPSA) is 81.3 Å². The number of aryl methyl sites for hydroxylation is 1. The van der Waals surface area contributed by atoms with E-state index in [1.165, 1.54) is 11.8 Å². The summed E-state index contributed by atoms with van der Waals surface area (Å²) >= 11 is 1.31. The maximum Gasteiger partial charge on any atom is 0.262 e. The van der Waals surface area contributed by atoms with Gasteiger partial charge in [0.05, 0.1) is 16.7 Å². The highest BCUT2D eigenvalue weighted by molar-refractivity contribution is 7.99. The molecule has 7 nitrogen and oxygen atoms in total. The smallest absolute Gasteiger partial charge is 0.262 e. The first-order valence-electron chi connectivity index (χ1n) is 8.62. The number of nitrogens with zero attached hydrogens (tertiary/aromatic N) is 4. The van der Waals surface area contributed by atoms with Crippen LogP contribution >= 0.6 is 11.8 Å². The third kappa shape index (κ3) is 3.60. The summed E-state index contributed by atoms with van der Waals surface area (Å²) in [5.74, 6) is 0.680. The monoisotopic (exact) mass is 373 g/mol. The molecule has 0 unspecified atom stereocenters. The second-order valence-electron chi connectivity index (χ2n) is 7.18. The molecule has 0 aliphatic carbocycles. The molecule has 1 aromatic carbocycles. The highest BCUT2D eigenvalue weighted by atomic mass is 32.2. The Bertz CT molecular complexity index is 1020. The number of aromatic nitrogens is 4. The van der Waals surface area contributed by atoms with Gasteiger partial charge in [-0.1, -0.05) is 30.8 Å². The number of rotatable bonds is 5. The van der Waals surface area contributed by atoms with Crippen LogP contribution in [0, 0.1) is 0 Å². The van der Waals surface area contributed by atoms with Crippen molar-refractivity contribution in [1.29, 1.82) is 0 Å². The van der Waals surface area contributed by atoms with Crippen LogP contribution in [0.1, 0.15) is 34.1 Å². The van der Waals surface area contributed by atoms with Gasteiger partial charge in [0, 0.05) is 12.1 Å². The highest BCUT2D eigenvalue weighted by Gasteiger charge is 2.18. The Morgan fingerprint density at radius 1 is 1.23 bits per heavy atom. The third-order valence-electron chi connectivity index (χ3n) is 3.77. The lowest BCUT2D eigenvalue weighted by molar-refractivity contribution is -0.119. The summed E-state index contributed by atoms with van der Waals surface area (Å²) in [7, 11) is 0. The van der Waals surface area contributed by atoms with Crippen molar-refractivity contribution in [3.05, 3.63) is 34.6 Å². The summed E-state index contributed by atoms with van der Waals surface area (Å²) in [6, 6.07) is 7.42. The maximum absolute atomic E-state index is 12.8. The number of thioether (sulfide) groups is 1. The van der Waals surface area contributed by atoms with E-state index in [1.807, 2.05) is 56.4 Å². The highest BCUT2D eigenvalue weighted by Crippen LogP contribution is 2.21. The summed E-state index contributed by atoms with van der Waals surface area (Å²) in [6.45, 7) is 8.42. The van der Waals surface area contributed by atoms with E-state index in [2.05, 4.69) is 15.5 Å². The molecule has 138 valence electrons. The number of para-hydroxylation sites is 1. The lowest BCUT2D eigenvalue weighted by Gasteiger charge is -2.20. The zero-order valence-electron chi connectivity index (χ0n) is 15.4. The Balaban J connectivity index is 2.05. The van der Waals surface area contributed by atoms with Crippen LogP contribution in [0.2, 0.25) is 0 Å². The molecule has 8 heteroatoms. The average molecular weight is 373 g/mol. The van der Waals surface area contributed by atoms with Crippen LogP contribution in [0.4, 0.5) is 0 Å². The first kappa shape index (κ1) is 18.4. The molecular formula is C18H23N5O2S. The van der Waals surface area contributed by atoms with Crippen LogP contribution in [0.25, 0.3) is 16.7 Å². The van der Waals surface area contributed by atoms with Gasteiger partial charge in [-0.25, -0.2) is 0 Å². The number of hydrogen-bond donors (Lipinski definition) is 1. The van der Waals surface area contributed by atoms with Crippen molar-refractivity contribution >= 4 is 34.3 Å². The molecule has 0 saturated heterocycles. The molecule has 0 bridgehead atoms. The van der Waals surface area contributed by atoms with Crippen molar-refractivity contribution in [1.82, 2.24) is 24.5 Å². The molecule has 0 radical (unpaired) electrons. The van der Waals surface area contributed by atoms with Gasteiger partial charge in [0.15, 0.2) is 5.16 Å². The predicted molar refractivity (Wildman–Crippen MR) is 104 cm³/mol. The number of nitrogens with one attached hydrogen (secondary N) is 1. The lowest BCUT2D eigenvalue weighted by atomic mass is 10.1. The van der Waals surface area contributed by atoms with Crippen LogP contribution in [-0.4, -0.2) is 36.4 Å². The summed E-state index contributed by atoms with van der Waals surface area (Å²) in [5.41, 5.74) is 0.409. The van der Waals surface area contributed by atoms with E-state index in [9.17, 15) is 9.59 Å². The van der Waals surface area contributed by atoms with E-state index in [0.717, 1.165) is 11.9 Å².